The van der Waals surface area contributed by atoms with Gasteiger partial charge in [0.05, 0.1) is 0 Å². The van der Waals surface area contributed by atoms with Crippen LogP contribution < -0.4 is 5.73 Å². The van der Waals surface area contributed by atoms with Crippen molar-refractivity contribution in [2.45, 2.75) is 0 Å². The Bertz CT molecular complexity index is 759. The Balaban J connectivity index is 1.90. The van der Waals surface area contributed by atoms with Gasteiger partial charge in [-0.15, -0.1) is 0 Å². The van der Waals surface area contributed by atoms with Crippen molar-refractivity contribution in [2.75, 3.05) is 0 Å². The maximum absolute atomic E-state index is 8.65. The highest BCUT2D eigenvalue weighted by molar-refractivity contribution is 5.97. The van der Waals surface area contributed by atoms with E-state index < -0.39 is 0 Å². The van der Waals surface area contributed by atoms with Crippen LogP contribution in [0.15, 0.2) is 76.3 Å². The van der Waals surface area contributed by atoms with Gasteiger partial charge in [-0.3, -0.25) is 0 Å². The molecule has 104 valence electrons. The van der Waals surface area contributed by atoms with Gasteiger partial charge in [0, 0.05) is 16.7 Å². The molecule has 21 heavy (non-hydrogen) atoms. The van der Waals surface area contributed by atoms with E-state index in [9.17, 15) is 0 Å². The monoisotopic (exact) mass is 278 g/mol. The van der Waals surface area contributed by atoms with Gasteiger partial charge in [-0.1, -0.05) is 59.8 Å². The molecule has 0 aliphatic rings. The molecular weight excluding hydrogens is 264 g/mol. The first kappa shape index (κ1) is 13.0. The summed E-state index contributed by atoms with van der Waals surface area (Å²) in [6, 6.07) is 21.1. The predicted molar refractivity (Wildman–Crippen MR) is 82.1 cm³/mol. The molecule has 3 rings (SSSR count). The minimum Gasteiger partial charge on any atom is -0.456 e. The zero-order chi connectivity index (χ0) is 14.7. The van der Waals surface area contributed by atoms with Gasteiger partial charge in [0.2, 0.25) is 0 Å². The number of amidine groups is 1. The van der Waals surface area contributed by atoms with Crippen LogP contribution in [0.5, 0.6) is 0 Å². The fraction of sp³-hybridized carbons (Fsp3) is 0. The molecule has 0 amide bonds. The first-order valence-electron chi connectivity index (χ1n) is 6.51. The SMILES string of the molecule is NC(=NO)c1ccc(-c2ccc(-c3ccccc3)o2)cc1. The second-order valence-electron chi connectivity index (χ2n) is 4.59. The van der Waals surface area contributed by atoms with E-state index in [2.05, 4.69) is 5.16 Å². The molecular formula is C17H14N2O2. The van der Waals surface area contributed by atoms with Crippen LogP contribution in [0.2, 0.25) is 0 Å². The van der Waals surface area contributed by atoms with Gasteiger partial charge in [-0.25, -0.2) is 0 Å². The summed E-state index contributed by atoms with van der Waals surface area (Å²) in [5.41, 5.74) is 8.18. The van der Waals surface area contributed by atoms with Crippen LogP contribution >= 0.6 is 0 Å². The fourth-order valence-corrected chi connectivity index (χ4v) is 2.11. The fourth-order valence-electron chi connectivity index (χ4n) is 2.11. The largest absolute Gasteiger partial charge is 0.456 e. The van der Waals surface area contributed by atoms with Crippen molar-refractivity contribution < 1.29 is 9.62 Å². The van der Waals surface area contributed by atoms with Crippen LogP contribution in [0.25, 0.3) is 22.6 Å². The van der Waals surface area contributed by atoms with E-state index in [1.165, 1.54) is 0 Å². The molecule has 2 aromatic carbocycles. The first-order valence-corrected chi connectivity index (χ1v) is 6.51. The van der Waals surface area contributed by atoms with Crippen molar-refractivity contribution in [1.82, 2.24) is 0 Å². The van der Waals surface area contributed by atoms with E-state index in [0.717, 1.165) is 22.6 Å². The highest BCUT2D eigenvalue weighted by atomic mass is 16.4. The van der Waals surface area contributed by atoms with Crippen molar-refractivity contribution in [3.63, 3.8) is 0 Å². The van der Waals surface area contributed by atoms with Crippen LogP contribution in [0.1, 0.15) is 5.56 Å². The predicted octanol–water partition coefficient (Wildman–Crippen LogP) is 3.71. The molecule has 0 unspecified atom stereocenters. The first-order chi connectivity index (χ1) is 10.3. The number of hydrogen-bond donors (Lipinski definition) is 2. The van der Waals surface area contributed by atoms with Crippen LogP contribution in [0.3, 0.4) is 0 Å². The highest BCUT2D eigenvalue weighted by Gasteiger charge is 2.07. The normalized spacial score (nSPS) is 11.5. The summed E-state index contributed by atoms with van der Waals surface area (Å²) in [4.78, 5) is 0. The molecule has 0 atom stereocenters. The quantitative estimate of drug-likeness (QED) is 0.332. The number of rotatable bonds is 3. The van der Waals surface area contributed by atoms with E-state index >= 15 is 0 Å². The van der Waals surface area contributed by atoms with Crippen LogP contribution in [-0.2, 0) is 0 Å². The topological polar surface area (TPSA) is 71.8 Å². The van der Waals surface area contributed by atoms with Crippen LogP contribution in [-0.4, -0.2) is 11.0 Å². The Morgan fingerprint density at radius 2 is 1.38 bits per heavy atom. The molecule has 4 heteroatoms. The maximum Gasteiger partial charge on any atom is 0.170 e. The summed E-state index contributed by atoms with van der Waals surface area (Å²) >= 11 is 0. The lowest BCUT2D eigenvalue weighted by molar-refractivity contribution is 0.318. The van der Waals surface area contributed by atoms with Gasteiger partial charge < -0.3 is 15.4 Å². The molecule has 0 bridgehead atoms. The van der Waals surface area contributed by atoms with E-state index in [4.69, 9.17) is 15.4 Å². The van der Waals surface area contributed by atoms with E-state index in [1.54, 1.807) is 12.1 Å². The molecule has 0 radical (unpaired) electrons. The molecule has 0 spiro atoms. The number of nitrogens with zero attached hydrogens (tertiary/aromatic N) is 1. The Labute approximate surface area is 122 Å². The average Bonchev–Trinajstić information content (AvgIpc) is 3.05. The van der Waals surface area contributed by atoms with Crippen molar-refractivity contribution in [3.8, 4) is 22.6 Å². The molecule has 1 heterocycles. The molecule has 0 saturated carbocycles. The number of furan rings is 1. The van der Waals surface area contributed by atoms with Crippen molar-refractivity contribution in [2.24, 2.45) is 10.9 Å². The molecule has 0 saturated heterocycles. The summed E-state index contributed by atoms with van der Waals surface area (Å²) in [7, 11) is 0. The second kappa shape index (κ2) is 5.54. The molecule has 3 aromatic rings. The average molecular weight is 278 g/mol. The third kappa shape index (κ3) is 2.65. The number of nitrogens with two attached hydrogens (primary N) is 1. The Morgan fingerprint density at radius 1 is 0.810 bits per heavy atom. The van der Waals surface area contributed by atoms with Gasteiger partial charge in [0.1, 0.15) is 11.5 Å². The summed E-state index contributed by atoms with van der Waals surface area (Å²) < 4.78 is 5.87. The lowest BCUT2D eigenvalue weighted by Crippen LogP contribution is -2.12. The summed E-state index contributed by atoms with van der Waals surface area (Å²) in [5.74, 6) is 1.69. The number of benzene rings is 2. The van der Waals surface area contributed by atoms with E-state index in [1.807, 2.05) is 54.6 Å². The minimum atomic E-state index is 0.0889. The third-order valence-corrected chi connectivity index (χ3v) is 3.24. The zero-order valence-electron chi connectivity index (χ0n) is 11.2. The Hall–Kier alpha value is -3.01. The van der Waals surface area contributed by atoms with Crippen molar-refractivity contribution in [1.29, 1.82) is 0 Å². The molecule has 0 aliphatic heterocycles. The van der Waals surface area contributed by atoms with Crippen molar-refractivity contribution >= 4 is 5.84 Å². The van der Waals surface area contributed by atoms with Gasteiger partial charge in [-0.05, 0) is 12.1 Å². The van der Waals surface area contributed by atoms with Crippen LogP contribution in [0.4, 0.5) is 0 Å². The van der Waals surface area contributed by atoms with E-state index in [-0.39, 0.29) is 5.84 Å². The minimum absolute atomic E-state index is 0.0889. The summed E-state index contributed by atoms with van der Waals surface area (Å²) in [6.07, 6.45) is 0. The number of oxime groups is 1. The van der Waals surface area contributed by atoms with Crippen LogP contribution in [0, 0.1) is 0 Å². The van der Waals surface area contributed by atoms with Gasteiger partial charge in [0.15, 0.2) is 5.84 Å². The third-order valence-electron chi connectivity index (χ3n) is 3.24. The zero-order valence-corrected chi connectivity index (χ0v) is 11.2. The molecule has 1 aromatic heterocycles. The molecule has 0 fully saturated rings. The smallest absolute Gasteiger partial charge is 0.170 e. The molecule has 0 aliphatic carbocycles. The van der Waals surface area contributed by atoms with Gasteiger partial charge in [0.25, 0.3) is 0 Å². The summed E-state index contributed by atoms with van der Waals surface area (Å²) in [6.45, 7) is 0. The van der Waals surface area contributed by atoms with E-state index in [0.29, 0.717) is 5.56 Å². The maximum atomic E-state index is 8.65. The Morgan fingerprint density at radius 3 is 1.95 bits per heavy atom. The van der Waals surface area contributed by atoms with Gasteiger partial charge >= 0.3 is 0 Å². The standard InChI is InChI=1S/C17H14N2O2/c18-17(19-20)14-8-6-13(7-9-14)16-11-10-15(21-16)12-4-2-1-3-5-12/h1-11,20H,(H2,18,19). The molecule has 4 nitrogen and oxygen atoms in total. The number of hydrogen-bond acceptors (Lipinski definition) is 3. The lowest BCUT2D eigenvalue weighted by Gasteiger charge is -2.01. The Kier molecular flexibility index (Phi) is 3.43. The molecule has 3 N–H and O–H groups in total. The van der Waals surface area contributed by atoms with Crippen molar-refractivity contribution in [3.05, 3.63) is 72.3 Å². The summed E-state index contributed by atoms with van der Waals surface area (Å²) in [5, 5.41) is 11.6. The second-order valence-corrected chi connectivity index (χ2v) is 4.59. The lowest BCUT2D eigenvalue weighted by atomic mass is 10.1. The highest BCUT2D eigenvalue weighted by Crippen LogP contribution is 2.28. The van der Waals surface area contributed by atoms with Gasteiger partial charge in [-0.2, -0.15) is 0 Å².